The van der Waals surface area contributed by atoms with Gasteiger partial charge in [-0.1, -0.05) is 0 Å². The van der Waals surface area contributed by atoms with Crippen molar-refractivity contribution in [2.45, 2.75) is 6.92 Å². The van der Waals surface area contributed by atoms with Crippen molar-refractivity contribution in [1.82, 2.24) is 4.98 Å². The van der Waals surface area contributed by atoms with Gasteiger partial charge in [0.05, 0.1) is 11.6 Å². The molecule has 0 aliphatic carbocycles. The van der Waals surface area contributed by atoms with Gasteiger partial charge in [0.25, 0.3) is 0 Å². The second kappa shape index (κ2) is 4.67. The van der Waals surface area contributed by atoms with Crippen molar-refractivity contribution in [3.63, 3.8) is 0 Å². The summed E-state index contributed by atoms with van der Waals surface area (Å²) < 4.78 is 0. The van der Waals surface area contributed by atoms with Gasteiger partial charge in [-0.2, -0.15) is 5.26 Å². The van der Waals surface area contributed by atoms with E-state index in [1.165, 1.54) is 5.56 Å². The normalized spacial score (nSPS) is 9.71. The van der Waals surface area contributed by atoms with Gasteiger partial charge in [-0.25, -0.2) is 4.98 Å². The first-order valence-corrected chi connectivity index (χ1v) is 5.37. The molecule has 1 heterocycles. The minimum Gasteiger partial charge on any atom is -0.329 e. The van der Waals surface area contributed by atoms with E-state index in [0.717, 1.165) is 11.5 Å². The summed E-state index contributed by atoms with van der Waals surface area (Å²) in [4.78, 5) is 6.31. The van der Waals surface area contributed by atoms with Gasteiger partial charge in [-0.3, -0.25) is 0 Å². The number of anilines is 2. The lowest BCUT2D eigenvalue weighted by molar-refractivity contribution is 1.12. The van der Waals surface area contributed by atoms with Crippen LogP contribution in [0.15, 0.2) is 42.6 Å². The molecule has 2 aromatic rings. The summed E-state index contributed by atoms with van der Waals surface area (Å²) in [7, 11) is 1.96. The molecule has 0 atom stereocenters. The Morgan fingerprint density at radius 3 is 2.47 bits per heavy atom. The smallest absolute Gasteiger partial charge is 0.132 e. The first-order valence-electron chi connectivity index (χ1n) is 5.37. The molecule has 0 bridgehead atoms. The number of benzene rings is 1. The maximum Gasteiger partial charge on any atom is 0.132 e. The standard InChI is InChI=1S/C14H13N3/c1-11-7-8-16-14(9-11)17(2)13-5-3-12(10-15)4-6-13/h3-9H,1-2H3. The molecule has 0 aliphatic heterocycles. The molecule has 3 heteroatoms. The minimum atomic E-state index is 0.666. The average molecular weight is 223 g/mol. The highest BCUT2D eigenvalue weighted by molar-refractivity contribution is 5.60. The molecule has 0 amide bonds. The highest BCUT2D eigenvalue weighted by Gasteiger charge is 2.04. The summed E-state index contributed by atoms with van der Waals surface area (Å²) in [6, 6.07) is 13.6. The van der Waals surface area contributed by atoms with Crippen LogP contribution in [0.5, 0.6) is 0 Å². The van der Waals surface area contributed by atoms with E-state index in [9.17, 15) is 0 Å². The Kier molecular flexibility index (Phi) is 3.06. The van der Waals surface area contributed by atoms with Crippen molar-refractivity contribution in [3.05, 3.63) is 53.7 Å². The summed E-state index contributed by atoms with van der Waals surface area (Å²) in [6.45, 7) is 2.04. The Labute approximate surface area is 101 Å². The molecule has 3 nitrogen and oxygen atoms in total. The highest BCUT2D eigenvalue weighted by atomic mass is 15.2. The maximum atomic E-state index is 8.74. The van der Waals surface area contributed by atoms with E-state index in [-0.39, 0.29) is 0 Å². The second-order valence-corrected chi connectivity index (χ2v) is 3.91. The van der Waals surface area contributed by atoms with Gasteiger partial charge in [0.1, 0.15) is 5.82 Å². The number of rotatable bonds is 2. The lowest BCUT2D eigenvalue weighted by Gasteiger charge is -2.18. The molecule has 1 aromatic carbocycles. The molecule has 0 spiro atoms. The van der Waals surface area contributed by atoms with E-state index >= 15 is 0 Å². The zero-order valence-corrected chi connectivity index (χ0v) is 9.88. The zero-order chi connectivity index (χ0) is 12.3. The third-order valence-electron chi connectivity index (χ3n) is 2.63. The van der Waals surface area contributed by atoms with Crippen LogP contribution in [-0.4, -0.2) is 12.0 Å². The third kappa shape index (κ3) is 2.43. The van der Waals surface area contributed by atoms with Crippen molar-refractivity contribution in [3.8, 4) is 6.07 Å². The number of aromatic nitrogens is 1. The number of nitrogens with zero attached hydrogens (tertiary/aromatic N) is 3. The van der Waals surface area contributed by atoms with Gasteiger partial charge in [0.2, 0.25) is 0 Å². The summed E-state index contributed by atoms with van der Waals surface area (Å²) >= 11 is 0. The highest BCUT2D eigenvalue weighted by Crippen LogP contribution is 2.22. The summed E-state index contributed by atoms with van der Waals surface area (Å²) in [5.41, 5.74) is 2.86. The Balaban J connectivity index is 2.30. The molecule has 0 unspecified atom stereocenters. The lowest BCUT2D eigenvalue weighted by atomic mass is 10.2. The van der Waals surface area contributed by atoms with Crippen molar-refractivity contribution in [2.75, 3.05) is 11.9 Å². The van der Waals surface area contributed by atoms with E-state index in [2.05, 4.69) is 11.1 Å². The van der Waals surface area contributed by atoms with Crippen molar-refractivity contribution >= 4 is 11.5 Å². The maximum absolute atomic E-state index is 8.74. The van der Waals surface area contributed by atoms with E-state index in [1.807, 2.05) is 55.3 Å². The molecular formula is C14H13N3. The van der Waals surface area contributed by atoms with Gasteiger partial charge in [-0.05, 0) is 48.9 Å². The van der Waals surface area contributed by atoms with Crippen LogP contribution >= 0.6 is 0 Å². The van der Waals surface area contributed by atoms with Crippen LogP contribution in [0.2, 0.25) is 0 Å². The van der Waals surface area contributed by atoms with Crippen LogP contribution < -0.4 is 4.90 Å². The molecule has 0 N–H and O–H groups in total. The molecule has 0 saturated heterocycles. The topological polar surface area (TPSA) is 39.9 Å². The molecule has 0 fully saturated rings. The summed E-state index contributed by atoms with van der Waals surface area (Å²) in [6.07, 6.45) is 1.80. The minimum absolute atomic E-state index is 0.666. The first-order chi connectivity index (χ1) is 8.20. The van der Waals surface area contributed by atoms with E-state index in [1.54, 1.807) is 6.20 Å². The fourth-order valence-corrected chi connectivity index (χ4v) is 1.60. The molecular weight excluding hydrogens is 210 g/mol. The Hall–Kier alpha value is -2.34. The molecule has 0 radical (unpaired) electrons. The SMILES string of the molecule is Cc1ccnc(N(C)c2ccc(C#N)cc2)c1. The summed E-state index contributed by atoms with van der Waals surface area (Å²) in [5.74, 6) is 0.898. The Morgan fingerprint density at radius 1 is 1.18 bits per heavy atom. The molecule has 84 valence electrons. The van der Waals surface area contributed by atoms with Gasteiger partial charge < -0.3 is 4.90 Å². The van der Waals surface area contributed by atoms with Crippen LogP contribution in [0.25, 0.3) is 0 Å². The molecule has 1 aromatic heterocycles. The predicted molar refractivity (Wildman–Crippen MR) is 68.2 cm³/mol. The Bertz CT molecular complexity index is 552. The largest absolute Gasteiger partial charge is 0.329 e. The quantitative estimate of drug-likeness (QED) is 0.785. The van der Waals surface area contributed by atoms with Crippen LogP contribution in [0.3, 0.4) is 0 Å². The number of hydrogen-bond acceptors (Lipinski definition) is 3. The van der Waals surface area contributed by atoms with Crippen molar-refractivity contribution < 1.29 is 0 Å². The average Bonchev–Trinajstić information content (AvgIpc) is 2.38. The van der Waals surface area contributed by atoms with E-state index in [4.69, 9.17) is 5.26 Å². The van der Waals surface area contributed by atoms with Gasteiger partial charge in [0.15, 0.2) is 0 Å². The van der Waals surface area contributed by atoms with Crippen LogP contribution in [-0.2, 0) is 0 Å². The third-order valence-corrected chi connectivity index (χ3v) is 2.63. The second-order valence-electron chi connectivity index (χ2n) is 3.91. The fourth-order valence-electron chi connectivity index (χ4n) is 1.60. The number of hydrogen-bond donors (Lipinski definition) is 0. The van der Waals surface area contributed by atoms with Crippen LogP contribution in [0.1, 0.15) is 11.1 Å². The van der Waals surface area contributed by atoms with E-state index < -0.39 is 0 Å². The number of nitriles is 1. The van der Waals surface area contributed by atoms with Gasteiger partial charge in [-0.15, -0.1) is 0 Å². The number of aryl methyl sites for hydroxylation is 1. The lowest BCUT2D eigenvalue weighted by Crippen LogP contribution is -2.10. The fraction of sp³-hybridized carbons (Fsp3) is 0.143. The first kappa shape index (κ1) is 11.2. The van der Waals surface area contributed by atoms with Crippen LogP contribution in [0, 0.1) is 18.3 Å². The molecule has 0 aliphatic rings. The number of pyridine rings is 1. The molecule has 17 heavy (non-hydrogen) atoms. The van der Waals surface area contributed by atoms with Crippen molar-refractivity contribution in [2.24, 2.45) is 0 Å². The Morgan fingerprint density at radius 2 is 1.88 bits per heavy atom. The van der Waals surface area contributed by atoms with Crippen molar-refractivity contribution in [1.29, 1.82) is 5.26 Å². The predicted octanol–water partition coefficient (Wildman–Crippen LogP) is 3.03. The molecule has 0 saturated carbocycles. The monoisotopic (exact) mass is 223 g/mol. The van der Waals surface area contributed by atoms with Gasteiger partial charge in [0, 0.05) is 18.9 Å². The zero-order valence-electron chi connectivity index (χ0n) is 9.88. The van der Waals surface area contributed by atoms with Crippen LogP contribution in [0.4, 0.5) is 11.5 Å². The van der Waals surface area contributed by atoms with E-state index in [0.29, 0.717) is 5.56 Å². The molecule has 2 rings (SSSR count). The summed E-state index contributed by atoms with van der Waals surface area (Å²) in [5, 5.41) is 8.74. The van der Waals surface area contributed by atoms with Gasteiger partial charge >= 0.3 is 0 Å².